The number of ether oxygens (including phenoxy) is 1. The van der Waals surface area contributed by atoms with E-state index in [4.69, 9.17) is 4.74 Å². The van der Waals surface area contributed by atoms with Gasteiger partial charge in [-0.15, -0.1) is 11.3 Å². The van der Waals surface area contributed by atoms with Crippen molar-refractivity contribution in [1.29, 1.82) is 5.26 Å². The standard InChI is InChI=1S/C29H32N2O3S/c1-4-34-24-12-9-8-10-18(24)20-14-26(33)31(22-15-29(2,3)16-23(32)27(20)22)28-21(17-30)19-11-6-5-7-13-25(19)35-28/h8-10,12,20H,4-7,11,13-16H2,1-3H3. The van der Waals surface area contributed by atoms with Crippen LogP contribution in [0.1, 0.15) is 86.8 Å². The summed E-state index contributed by atoms with van der Waals surface area (Å²) in [5, 5.41) is 10.9. The Hall–Kier alpha value is -2.91. The van der Waals surface area contributed by atoms with Gasteiger partial charge in [-0.2, -0.15) is 5.26 Å². The molecule has 6 heteroatoms. The maximum absolute atomic E-state index is 13.9. The topological polar surface area (TPSA) is 70.4 Å². The third kappa shape index (κ3) is 4.21. The zero-order valence-corrected chi connectivity index (χ0v) is 21.6. The zero-order valence-electron chi connectivity index (χ0n) is 20.8. The highest BCUT2D eigenvalue weighted by atomic mass is 32.1. The third-order valence-electron chi connectivity index (χ3n) is 7.45. The summed E-state index contributed by atoms with van der Waals surface area (Å²) < 4.78 is 5.90. The molecule has 2 heterocycles. The van der Waals surface area contributed by atoms with Crippen molar-refractivity contribution in [2.75, 3.05) is 11.5 Å². The molecule has 1 atom stereocenters. The number of anilines is 1. The minimum absolute atomic E-state index is 0.0431. The molecule has 3 aliphatic rings. The molecule has 0 bridgehead atoms. The largest absolute Gasteiger partial charge is 0.494 e. The lowest BCUT2D eigenvalue weighted by atomic mass is 9.69. The van der Waals surface area contributed by atoms with Crippen molar-refractivity contribution < 1.29 is 14.3 Å². The molecule has 0 fully saturated rings. The molecular weight excluding hydrogens is 456 g/mol. The minimum Gasteiger partial charge on any atom is -0.494 e. The predicted octanol–water partition coefficient (Wildman–Crippen LogP) is 6.45. The number of carbonyl (C=O) groups excluding carboxylic acids is 2. The van der Waals surface area contributed by atoms with E-state index in [0.717, 1.165) is 58.8 Å². The summed E-state index contributed by atoms with van der Waals surface area (Å²) in [5.41, 5.74) is 3.90. The van der Waals surface area contributed by atoms with Crippen LogP contribution in [0.2, 0.25) is 0 Å². The fraction of sp³-hybridized carbons (Fsp3) is 0.483. The monoisotopic (exact) mass is 488 g/mol. The van der Waals surface area contributed by atoms with Crippen molar-refractivity contribution in [2.24, 2.45) is 5.41 Å². The van der Waals surface area contributed by atoms with Crippen LogP contribution in [0.25, 0.3) is 0 Å². The second-order valence-corrected chi connectivity index (χ2v) is 11.7. The Morgan fingerprint density at radius 2 is 1.91 bits per heavy atom. The fourth-order valence-corrected chi connectivity index (χ4v) is 7.35. The van der Waals surface area contributed by atoms with Crippen molar-refractivity contribution in [2.45, 2.75) is 78.1 Å². The SMILES string of the molecule is CCOc1ccccc1C1CC(=O)N(c2sc3c(c2C#N)CCCCC3)C2=C1C(=O)CC(C)(C)C2. The first-order valence-corrected chi connectivity index (χ1v) is 13.5. The molecule has 2 aliphatic carbocycles. The van der Waals surface area contributed by atoms with Gasteiger partial charge >= 0.3 is 0 Å². The second-order valence-electron chi connectivity index (χ2n) is 10.6. The number of rotatable bonds is 4. The number of benzene rings is 1. The summed E-state index contributed by atoms with van der Waals surface area (Å²) in [6.45, 7) is 6.63. The minimum atomic E-state index is -0.330. The van der Waals surface area contributed by atoms with E-state index in [1.807, 2.05) is 31.2 Å². The predicted molar refractivity (Wildman–Crippen MR) is 138 cm³/mol. The van der Waals surface area contributed by atoms with Crippen LogP contribution >= 0.6 is 11.3 Å². The normalized spacial score (nSPS) is 21.8. The van der Waals surface area contributed by atoms with Crippen molar-refractivity contribution in [3.8, 4) is 11.8 Å². The van der Waals surface area contributed by atoms with Gasteiger partial charge in [0.1, 0.15) is 16.8 Å². The quantitative estimate of drug-likeness (QED) is 0.464. The van der Waals surface area contributed by atoms with Crippen LogP contribution < -0.4 is 9.64 Å². The number of thiophene rings is 1. The summed E-state index contributed by atoms with van der Waals surface area (Å²) in [4.78, 5) is 30.6. The van der Waals surface area contributed by atoms with Gasteiger partial charge in [0.15, 0.2) is 5.78 Å². The highest BCUT2D eigenvalue weighted by Crippen LogP contribution is 2.51. The molecule has 0 N–H and O–H groups in total. The lowest BCUT2D eigenvalue weighted by molar-refractivity contribution is -0.120. The zero-order chi connectivity index (χ0) is 24.7. The molecule has 5 nitrogen and oxygen atoms in total. The molecular formula is C29H32N2O3S. The molecule has 1 amide bonds. The summed E-state index contributed by atoms with van der Waals surface area (Å²) >= 11 is 1.59. The Kier molecular flexibility index (Phi) is 6.31. The number of para-hydroxylation sites is 1. The number of Topliss-reactive ketones (excluding diaryl/α,β-unsaturated/α-hetero) is 1. The smallest absolute Gasteiger partial charge is 0.232 e. The van der Waals surface area contributed by atoms with Crippen molar-refractivity contribution >= 4 is 28.0 Å². The van der Waals surface area contributed by atoms with E-state index in [2.05, 4.69) is 19.9 Å². The Morgan fingerprint density at radius 3 is 2.69 bits per heavy atom. The number of hydrogen-bond acceptors (Lipinski definition) is 5. The van der Waals surface area contributed by atoms with Gasteiger partial charge in [0.2, 0.25) is 5.91 Å². The van der Waals surface area contributed by atoms with E-state index in [1.54, 1.807) is 16.2 Å². The Balaban J connectivity index is 1.70. The van der Waals surface area contributed by atoms with Crippen molar-refractivity contribution in [3.63, 3.8) is 0 Å². The van der Waals surface area contributed by atoms with Crippen LogP contribution in [0.15, 0.2) is 35.5 Å². The first-order chi connectivity index (χ1) is 16.8. The maximum Gasteiger partial charge on any atom is 0.232 e. The molecule has 5 rings (SSSR count). The number of allylic oxidation sites excluding steroid dienone is 2. The van der Waals surface area contributed by atoms with E-state index >= 15 is 0 Å². The molecule has 2 aromatic rings. The molecule has 0 spiro atoms. The van der Waals surface area contributed by atoms with Gasteiger partial charge in [-0.05, 0) is 56.1 Å². The molecule has 0 saturated carbocycles. The third-order valence-corrected chi connectivity index (χ3v) is 8.73. The van der Waals surface area contributed by atoms with Crippen LogP contribution in [-0.4, -0.2) is 18.3 Å². The Bertz CT molecular complexity index is 1260. The lowest BCUT2D eigenvalue weighted by Crippen LogP contribution is -2.43. The molecule has 1 aliphatic heterocycles. The van der Waals surface area contributed by atoms with E-state index in [1.165, 1.54) is 11.3 Å². The Morgan fingerprint density at radius 1 is 1.14 bits per heavy atom. The molecule has 1 aromatic heterocycles. The molecule has 1 aromatic carbocycles. The van der Waals surface area contributed by atoms with Crippen LogP contribution in [-0.2, 0) is 22.4 Å². The maximum atomic E-state index is 13.9. The van der Waals surface area contributed by atoms with E-state index in [9.17, 15) is 14.9 Å². The first kappa shape index (κ1) is 23.8. The molecule has 0 saturated heterocycles. The van der Waals surface area contributed by atoms with Crippen LogP contribution in [0.4, 0.5) is 5.00 Å². The molecule has 1 unspecified atom stereocenters. The Labute approximate surface area is 211 Å². The second kappa shape index (κ2) is 9.28. The fourth-order valence-electron chi connectivity index (χ4n) is 5.97. The number of aryl methyl sites for hydroxylation is 1. The summed E-state index contributed by atoms with van der Waals surface area (Å²) in [5.74, 6) is 0.454. The number of amides is 1. The van der Waals surface area contributed by atoms with Gasteiger partial charge < -0.3 is 4.74 Å². The molecule has 182 valence electrons. The van der Waals surface area contributed by atoms with Gasteiger partial charge in [0.05, 0.1) is 12.2 Å². The highest BCUT2D eigenvalue weighted by Gasteiger charge is 2.46. The average Bonchev–Trinajstić information content (AvgIpc) is 2.98. The van der Waals surface area contributed by atoms with Gasteiger partial charge in [-0.25, -0.2) is 0 Å². The van der Waals surface area contributed by atoms with Crippen LogP contribution in [0, 0.1) is 16.7 Å². The number of fused-ring (bicyclic) bond motifs is 1. The van der Waals surface area contributed by atoms with E-state index in [0.29, 0.717) is 25.0 Å². The molecule has 35 heavy (non-hydrogen) atoms. The number of nitrogens with zero attached hydrogens (tertiary/aromatic N) is 2. The highest BCUT2D eigenvalue weighted by molar-refractivity contribution is 7.16. The first-order valence-electron chi connectivity index (χ1n) is 12.7. The number of nitriles is 1. The van der Waals surface area contributed by atoms with Crippen LogP contribution in [0.5, 0.6) is 5.75 Å². The van der Waals surface area contributed by atoms with Gasteiger partial charge in [-0.1, -0.05) is 38.5 Å². The number of hydrogen-bond donors (Lipinski definition) is 0. The summed E-state index contributed by atoms with van der Waals surface area (Å²) in [7, 11) is 0. The van der Waals surface area contributed by atoms with E-state index in [-0.39, 0.29) is 29.4 Å². The number of carbonyl (C=O) groups is 2. The number of ketones is 1. The van der Waals surface area contributed by atoms with Crippen LogP contribution in [0.3, 0.4) is 0 Å². The van der Waals surface area contributed by atoms with Gasteiger partial charge in [0.25, 0.3) is 0 Å². The van der Waals surface area contributed by atoms with E-state index < -0.39 is 0 Å². The van der Waals surface area contributed by atoms with Crippen molar-refractivity contribution in [3.05, 3.63) is 57.1 Å². The lowest BCUT2D eigenvalue weighted by Gasteiger charge is -2.42. The van der Waals surface area contributed by atoms with Crippen molar-refractivity contribution in [1.82, 2.24) is 0 Å². The average molecular weight is 489 g/mol. The molecule has 0 radical (unpaired) electrons. The van der Waals surface area contributed by atoms with Gasteiger partial charge in [-0.3, -0.25) is 14.5 Å². The van der Waals surface area contributed by atoms with Gasteiger partial charge in [0, 0.05) is 40.5 Å². The summed E-state index contributed by atoms with van der Waals surface area (Å²) in [6, 6.07) is 10.2. The summed E-state index contributed by atoms with van der Waals surface area (Å²) in [6.07, 6.45) is 6.47.